The number of hydrogen-bond acceptors (Lipinski definition) is 3. The molecule has 118 valence electrons. The van der Waals surface area contributed by atoms with Crippen LogP contribution in [0.1, 0.15) is 24.8 Å². The van der Waals surface area contributed by atoms with E-state index in [1.807, 2.05) is 35.2 Å². The Morgan fingerprint density at radius 2 is 2.14 bits per heavy atom. The molecule has 0 spiro atoms. The lowest BCUT2D eigenvalue weighted by molar-refractivity contribution is -0.133. The fraction of sp³-hybridized carbons (Fsp3) is 0.500. The van der Waals surface area contributed by atoms with Crippen molar-refractivity contribution in [1.82, 2.24) is 10.2 Å². The van der Waals surface area contributed by atoms with E-state index >= 15 is 0 Å². The lowest BCUT2D eigenvalue weighted by Crippen LogP contribution is -2.48. The number of carbonyl (C=O) groups excluding carboxylic acids is 1. The lowest BCUT2D eigenvalue weighted by Gasteiger charge is -2.29. The van der Waals surface area contributed by atoms with Crippen LogP contribution in [0.25, 0.3) is 0 Å². The highest BCUT2D eigenvalue weighted by atomic mass is 16.5. The molecule has 1 aromatic carbocycles. The zero-order chi connectivity index (χ0) is 15.5. The molecule has 2 heterocycles. The molecule has 4 heteroatoms. The summed E-state index contributed by atoms with van der Waals surface area (Å²) in [6, 6.07) is 8.31. The van der Waals surface area contributed by atoms with Gasteiger partial charge in [-0.25, -0.2) is 0 Å². The molecule has 2 aliphatic heterocycles. The first-order valence-electron chi connectivity index (χ1n) is 8.01. The standard InChI is InChI=1S/C18H24N2O2/c1-3-14-12-20(11-13-7-9-15(22-2)10-8-13)18(21)17-6-4-5-16(14)19-17/h3,7-10,14,16-17,19H,1,4-6,11-12H2,2H3/t14-,16-,17+/m1/s1. The van der Waals surface area contributed by atoms with Crippen molar-refractivity contribution in [3.63, 3.8) is 0 Å². The van der Waals surface area contributed by atoms with Crippen molar-refractivity contribution >= 4 is 5.91 Å². The second-order valence-electron chi connectivity index (χ2n) is 6.22. The molecule has 2 fully saturated rings. The van der Waals surface area contributed by atoms with E-state index in [1.54, 1.807) is 7.11 Å². The number of nitrogens with zero attached hydrogens (tertiary/aromatic N) is 1. The van der Waals surface area contributed by atoms with Gasteiger partial charge in [-0.3, -0.25) is 4.79 Å². The van der Waals surface area contributed by atoms with Gasteiger partial charge in [0, 0.05) is 25.0 Å². The Balaban J connectivity index is 1.78. The Labute approximate surface area is 132 Å². The van der Waals surface area contributed by atoms with Crippen molar-refractivity contribution in [1.29, 1.82) is 0 Å². The second-order valence-corrected chi connectivity index (χ2v) is 6.22. The Kier molecular flexibility index (Phi) is 4.48. The molecule has 2 saturated heterocycles. The molecule has 2 aliphatic rings. The molecule has 0 aromatic heterocycles. The number of rotatable bonds is 4. The van der Waals surface area contributed by atoms with Crippen LogP contribution in [0.3, 0.4) is 0 Å². The van der Waals surface area contributed by atoms with Gasteiger partial charge >= 0.3 is 0 Å². The molecular weight excluding hydrogens is 276 g/mol. The first-order valence-corrected chi connectivity index (χ1v) is 8.01. The first kappa shape index (κ1) is 15.1. The normalized spacial score (nSPS) is 28.1. The highest BCUT2D eigenvalue weighted by Gasteiger charge is 2.37. The van der Waals surface area contributed by atoms with E-state index in [-0.39, 0.29) is 11.9 Å². The largest absolute Gasteiger partial charge is 0.497 e. The molecule has 3 atom stereocenters. The summed E-state index contributed by atoms with van der Waals surface area (Å²) < 4.78 is 5.19. The zero-order valence-electron chi connectivity index (χ0n) is 13.1. The maximum absolute atomic E-state index is 12.7. The van der Waals surface area contributed by atoms with Crippen molar-refractivity contribution in [2.45, 2.75) is 37.9 Å². The molecule has 22 heavy (non-hydrogen) atoms. The predicted molar refractivity (Wildman–Crippen MR) is 86.7 cm³/mol. The highest BCUT2D eigenvalue weighted by Crippen LogP contribution is 2.26. The third-order valence-electron chi connectivity index (χ3n) is 4.82. The average Bonchev–Trinajstić information content (AvgIpc) is 2.65. The van der Waals surface area contributed by atoms with Crippen molar-refractivity contribution in [2.24, 2.45) is 5.92 Å². The highest BCUT2D eigenvalue weighted by molar-refractivity contribution is 5.82. The van der Waals surface area contributed by atoms with Gasteiger partial charge in [-0.05, 0) is 37.0 Å². The number of benzene rings is 1. The van der Waals surface area contributed by atoms with Crippen LogP contribution in [0.15, 0.2) is 36.9 Å². The van der Waals surface area contributed by atoms with Crippen LogP contribution in [0.2, 0.25) is 0 Å². The summed E-state index contributed by atoms with van der Waals surface area (Å²) in [5.41, 5.74) is 1.13. The number of nitrogens with one attached hydrogen (secondary N) is 1. The van der Waals surface area contributed by atoms with Crippen LogP contribution < -0.4 is 10.1 Å². The minimum absolute atomic E-state index is 0.0260. The van der Waals surface area contributed by atoms with Crippen molar-refractivity contribution in [3.05, 3.63) is 42.5 Å². The SMILES string of the molecule is C=C[C@@H]1CN(Cc2ccc(OC)cc2)C(=O)[C@@H]2CCC[C@H]1N2. The van der Waals surface area contributed by atoms with Gasteiger partial charge in [0.2, 0.25) is 5.91 Å². The van der Waals surface area contributed by atoms with Crippen LogP contribution in [-0.2, 0) is 11.3 Å². The van der Waals surface area contributed by atoms with Crippen LogP contribution in [0, 0.1) is 5.92 Å². The Morgan fingerprint density at radius 1 is 1.36 bits per heavy atom. The monoisotopic (exact) mass is 300 g/mol. The van der Waals surface area contributed by atoms with Gasteiger partial charge in [0.15, 0.2) is 0 Å². The number of ether oxygens (including phenoxy) is 1. The van der Waals surface area contributed by atoms with Crippen LogP contribution in [0.5, 0.6) is 5.75 Å². The number of amides is 1. The maximum atomic E-state index is 12.7. The third-order valence-corrected chi connectivity index (χ3v) is 4.82. The molecule has 0 radical (unpaired) electrons. The smallest absolute Gasteiger partial charge is 0.240 e. The van der Waals surface area contributed by atoms with E-state index in [4.69, 9.17) is 4.74 Å². The van der Waals surface area contributed by atoms with E-state index in [0.29, 0.717) is 18.5 Å². The number of hydrogen-bond donors (Lipinski definition) is 1. The van der Waals surface area contributed by atoms with Gasteiger partial charge in [-0.2, -0.15) is 0 Å². The number of methoxy groups -OCH3 is 1. The van der Waals surface area contributed by atoms with Crippen LogP contribution in [-0.4, -0.2) is 36.5 Å². The van der Waals surface area contributed by atoms with Gasteiger partial charge in [0.1, 0.15) is 5.75 Å². The first-order chi connectivity index (χ1) is 10.7. The van der Waals surface area contributed by atoms with E-state index in [2.05, 4.69) is 11.9 Å². The molecule has 0 aliphatic carbocycles. The van der Waals surface area contributed by atoms with E-state index < -0.39 is 0 Å². The van der Waals surface area contributed by atoms with E-state index in [1.165, 1.54) is 0 Å². The van der Waals surface area contributed by atoms with Gasteiger partial charge in [-0.15, -0.1) is 6.58 Å². The molecule has 0 unspecified atom stereocenters. The average molecular weight is 300 g/mol. The van der Waals surface area contributed by atoms with E-state index in [0.717, 1.165) is 37.1 Å². The van der Waals surface area contributed by atoms with Gasteiger partial charge in [0.05, 0.1) is 13.2 Å². The zero-order valence-corrected chi connectivity index (χ0v) is 13.1. The molecule has 0 saturated carbocycles. The molecule has 4 nitrogen and oxygen atoms in total. The maximum Gasteiger partial charge on any atom is 0.240 e. The topological polar surface area (TPSA) is 41.6 Å². The van der Waals surface area contributed by atoms with Gasteiger partial charge in [0.25, 0.3) is 0 Å². The third kappa shape index (κ3) is 3.02. The number of piperidine rings is 1. The molecule has 1 amide bonds. The summed E-state index contributed by atoms with van der Waals surface area (Å²) >= 11 is 0. The van der Waals surface area contributed by atoms with Crippen molar-refractivity contribution < 1.29 is 9.53 Å². The molecular formula is C18H24N2O2. The van der Waals surface area contributed by atoms with Gasteiger partial charge in [-0.1, -0.05) is 18.2 Å². The minimum Gasteiger partial charge on any atom is -0.497 e. The molecule has 3 rings (SSSR count). The number of carbonyl (C=O) groups is 1. The summed E-state index contributed by atoms with van der Waals surface area (Å²) in [5.74, 6) is 1.39. The number of fused-ring (bicyclic) bond motifs is 2. The molecule has 1 N–H and O–H groups in total. The van der Waals surface area contributed by atoms with Crippen molar-refractivity contribution in [3.8, 4) is 5.75 Å². The summed E-state index contributed by atoms with van der Waals surface area (Å²) in [4.78, 5) is 14.7. The quantitative estimate of drug-likeness (QED) is 0.868. The lowest BCUT2D eigenvalue weighted by atomic mass is 9.91. The summed E-state index contributed by atoms with van der Waals surface area (Å²) in [5, 5.41) is 3.52. The predicted octanol–water partition coefficient (Wildman–Crippen LogP) is 2.35. The Morgan fingerprint density at radius 3 is 2.82 bits per heavy atom. The van der Waals surface area contributed by atoms with Crippen LogP contribution >= 0.6 is 0 Å². The summed E-state index contributed by atoms with van der Waals surface area (Å²) in [7, 11) is 1.66. The summed E-state index contributed by atoms with van der Waals surface area (Å²) in [6.45, 7) is 5.37. The fourth-order valence-corrected chi connectivity index (χ4v) is 3.52. The van der Waals surface area contributed by atoms with Gasteiger partial charge < -0.3 is 15.0 Å². The Hall–Kier alpha value is -1.81. The fourth-order valence-electron chi connectivity index (χ4n) is 3.52. The van der Waals surface area contributed by atoms with Crippen molar-refractivity contribution in [2.75, 3.05) is 13.7 Å². The second kappa shape index (κ2) is 6.53. The minimum atomic E-state index is -0.0260. The van der Waals surface area contributed by atoms with E-state index in [9.17, 15) is 4.79 Å². The Bertz CT molecular complexity index is 541. The van der Waals surface area contributed by atoms with Crippen LogP contribution in [0.4, 0.5) is 0 Å². The summed E-state index contributed by atoms with van der Waals surface area (Å²) in [6.07, 6.45) is 5.20. The molecule has 1 aromatic rings. The molecule has 2 bridgehead atoms.